The van der Waals surface area contributed by atoms with Crippen LogP contribution in [0.4, 0.5) is 22.0 Å². The molecule has 3 atom stereocenters. The molecule has 0 radical (unpaired) electrons. The largest absolute Gasteiger partial charge is 0.404 e. The minimum Gasteiger partial charge on any atom is -0.317 e. The molecule has 1 saturated carbocycles. The van der Waals surface area contributed by atoms with E-state index in [4.69, 9.17) is 4.74 Å². The van der Waals surface area contributed by atoms with Gasteiger partial charge in [0.1, 0.15) is 22.7 Å². The average molecular weight is 515 g/mol. The minimum absolute atomic E-state index is 0.116. The Morgan fingerprint density at radius 2 is 1.97 bits per heavy atom. The number of hydrogen-bond donors (Lipinski definition) is 1. The van der Waals surface area contributed by atoms with Gasteiger partial charge in [0.2, 0.25) is 10.0 Å². The fourth-order valence-electron chi connectivity index (χ4n) is 3.91. The van der Waals surface area contributed by atoms with Crippen LogP contribution in [0.25, 0.3) is 22.4 Å². The van der Waals surface area contributed by atoms with Crippen molar-refractivity contribution in [3.8, 4) is 17.5 Å². The van der Waals surface area contributed by atoms with E-state index in [1.54, 1.807) is 16.7 Å². The molecular formula is C21H18F5N5O3S. The summed E-state index contributed by atoms with van der Waals surface area (Å²) < 4.78 is 96.7. The van der Waals surface area contributed by atoms with Gasteiger partial charge in [-0.2, -0.15) is 31.9 Å². The zero-order valence-corrected chi connectivity index (χ0v) is 18.8. The van der Waals surface area contributed by atoms with E-state index >= 15 is 0 Å². The predicted octanol–water partition coefficient (Wildman–Crippen LogP) is 4.14. The lowest BCUT2D eigenvalue weighted by Gasteiger charge is -2.38. The van der Waals surface area contributed by atoms with Crippen molar-refractivity contribution in [1.29, 1.82) is 5.26 Å². The van der Waals surface area contributed by atoms with E-state index in [1.165, 1.54) is 17.0 Å². The van der Waals surface area contributed by atoms with E-state index in [-0.39, 0.29) is 17.0 Å². The fraction of sp³-hybridized carbons (Fsp3) is 0.381. The predicted molar refractivity (Wildman–Crippen MR) is 113 cm³/mol. The van der Waals surface area contributed by atoms with Crippen LogP contribution >= 0.6 is 0 Å². The highest BCUT2D eigenvalue weighted by Crippen LogP contribution is 2.43. The smallest absolute Gasteiger partial charge is 0.317 e. The maximum Gasteiger partial charge on any atom is 0.404 e. The number of pyridine rings is 2. The van der Waals surface area contributed by atoms with Crippen molar-refractivity contribution in [2.45, 2.75) is 55.6 Å². The molecule has 4 rings (SSSR count). The molecule has 0 amide bonds. The first-order chi connectivity index (χ1) is 16.4. The molecule has 1 fully saturated rings. The van der Waals surface area contributed by atoms with Gasteiger partial charge in [-0.1, -0.05) is 0 Å². The van der Waals surface area contributed by atoms with Gasteiger partial charge >= 0.3 is 12.8 Å². The van der Waals surface area contributed by atoms with Crippen LogP contribution in [0, 0.1) is 11.3 Å². The second kappa shape index (κ2) is 9.14. The average Bonchev–Trinajstić information content (AvgIpc) is 3.10. The summed E-state index contributed by atoms with van der Waals surface area (Å²) >= 11 is 0. The fourth-order valence-corrected chi connectivity index (χ4v) is 5.08. The Labute approximate surface area is 196 Å². The summed E-state index contributed by atoms with van der Waals surface area (Å²) in [4.78, 5) is 7.87. The number of alkyl halides is 5. The summed E-state index contributed by atoms with van der Waals surface area (Å²) in [5.74, 6) is 0. The zero-order valence-electron chi connectivity index (χ0n) is 18.0. The molecule has 1 aliphatic carbocycles. The summed E-state index contributed by atoms with van der Waals surface area (Å²) in [6.07, 6.45) is -2.47. The normalized spacial score (nSPS) is 19.5. The zero-order chi connectivity index (χ0) is 25.5. The SMILES string of the molecule is C[C@@H](NS(=O)(=O)c1ccc(-c2c(C#N)c3cccnc3n2C2CCC2OC(F)F)nc1)C(F)(F)F. The monoisotopic (exact) mass is 515 g/mol. The molecular weight excluding hydrogens is 497 g/mol. The molecule has 35 heavy (non-hydrogen) atoms. The Kier molecular flexibility index (Phi) is 6.52. The topological polar surface area (TPSA) is 110 Å². The van der Waals surface area contributed by atoms with E-state index in [2.05, 4.69) is 16.0 Å². The minimum atomic E-state index is -4.78. The van der Waals surface area contributed by atoms with E-state index in [0.29, 0.717) is 30.8 Å². The number of hydrogen-bond acceptors (Lipinski definition) is 6. The molecule has 0 aliphatic heterocycles. The third-order valence-electron chi connectivity index (χ3n) is 5.77. The standard InChI is InChI=1S/C21H18F5N5O3S/c1-11(21(24,25)26)30-35(32,33)12-4-5-15(29-10-12)18-14(9-27)13-3-2-8-28-19(13)31(18)16-6-7-17(16)34-20(22)23/h2-5,8,10-11,16-17,20,30H,6-7H2,1H3/t11-,16?,17?/m1/s1. The van der Waals surface area contributed by atoms with Gasteiger partial charge in [0, 0.05) is 17.8 Å². The Bertz CT molecular complexity index is 1380. The lowest BCUT2D eigenvalue weighted by molar-refractivity contribution is -0.195. The van der Waals surface area contributed by atoms with Crippen LogP contribution in [0.3, 0.4) is 0 Å². The van der Waals surface area contributed by atoms with E-state index in [9.17, 15) is 35.6 Å². The molecule has 0 aromatic carbocycles. The van der Waals surface area contributed by atoms with Crippen LogP contribution in [0.2, 0.25) is 0 Å². The Morgan fingerprint density at radius 1 is 1.23 bits per heavy atom. The highest BCUT2D eigenvalue weighted by molar-refractivity contribution is 7.89. The highest BCUT2D eigenvalue weighted by atomic mass is 32.2. The van der Waals surface area contributed by atoms with Crippen molar-refractivity contribution in [3.63, 3.8) is 0 Å². The molecule has 1 N–H and O–H groups in total. The molecule has 8 nitrogen and oxygen atoms in total. The quantitative estimate of drug-likeness (QED) is 0.474. The Morgan fingerprint density at radius 3 is 2.51 bits per heavy atom. The third kappa shape index (κ3) is 4.71. The summed E-state index contributed by atoms with van der Waals surface area (Å²) in [7, 11) is -4.54. The van der Waals surface area contributed by atoms with Crippen molar-refractivity contribution < 1.29 is 35.1 Å². The number of nitriles is 1. The van der Waals surface area contributed by atoms with Crippen molar-refractivity contribution >= 4 is 21.1 Å². The van der Waals surface area contributed by atoms with Gasteiger partial charge in [-0.05, 0) is 44.0 Å². The third-order valence-corrected chi connectivity index (χ3v) is 7.30. The van der Waals surface area contributed by atoms with Gasteiger partial charge in [0.25, 0.3) is 0 Å². The van der Waals surface area contributed by atoms with Crippen LogP contribution in [0.5, 0.6) is 0 Å². The molecule has 0 spiro atoms. The van der Waals surface area contributed by atoms with Crippen LogP contribution in [-0.2, 0) is 14.8 Å². The number of nitrogens with zero attached hydrogens (tertiary/aromatic N) is 4. The second-order valence-corrected chi connectivity index (χ2v) is 9.64. The number of rotatable bonds is 7. The molecule has 186 valence electrons. The molecule has 3 heterocycles. The van der Waals surface area contributed by atoms with Crippen molar-refractivity contribution in [3.05, 3.63) is 42.2 Å². The first-order valence-electron chi connectivity index (χ1n) is 10.3. The van der Waals surface area contributed by atoms with Gasteiger partial charge < -0.3 is 9.30 Å². The highest BCUT2D eigenvalue weighted by Gasteiger charge is 2.40. The van der Waals surface area contributed by atoms with Crippen molar-refractivity contribution in [1.82, 2.24) is 19.3 Å². The first-order valence-corrected chi connectivity index (χ1v) is 11.8. The molecule has 0 bridgehead atoms. The Hall–Kier alpha value is -3.15. The molecule has 3 aromatic heterocycles. The number of aromatic nitrogens is 3. The molecule has 3 aromatic rings. The molecule has 2 unspecified atom stereocenters. The van der Waals surface area contributed by atoms with Crippen molar-refractivity contribution in [2.75, 3.05) is 0 Å². The van der Waals surface area contributed by atoms with Crippen LogP contribution in [0.1, 0.15) is 31.4 Å². The lowest BCUT2D eigenvalue weighted by atomic mass is 9.88. The summed E-state index contributed by atoms with van der Waals surface area (Å²) in [5.41, 5.74) is 0.813. The molecule has 0 saturated heterocycles. The van der Waals surface area contributed by atoms with E-state index < -0.39 is 45.9 Å². The van der Waals surface area contributed by atoms with Crippen LogP contribution < -0.4 is 4.72 Å². The van der Waals surface area contributed by atoms with Gasteiger partial charge in [-0.15, -0.1) is 0 Å². The van der Waals surface area contributed by atoms with E-state index in [0.717, 1.165) is 12.3 Å². The van der Waals surface area contributed by atoms with Gasteiger partial charge in [-0.25, -0.2) is 13.4 Å². The number of nitrogens with one attached hydrogen (secondary N) is 1. The Balaban J connectivity index is 1.78. The number of fused-ring (bicyclic) bond motifs is 1. The lowest BCUT2D eigenvalue weighted by Crippen LogP contribution is -2.42. The van der Waals surface area contributed by atoms with Gasteiger partial charge in [0.05, 0.1) is 29.1 Å². The summed E-state index contributed by atoms with van der Waals surface area (Å²) in [6.45, 7) is -2.33. The maximum absolute atomic E-state index is 12.9. The molecule has 14 heteroatoms. The number of sulfonamides is 1. The van der Waals surface area contributed by atoms with Crippen LogP contribution in [-0.4, -0.2) is 47.9 Å². The molecule has 1 aliphatic rings. The summed E-state index contributed by atoms with van der Waals surface area (Å²) in [6, 6.07) is 4.67. The number of ether oxygens (including phenoxy) is 1. The maximum atomic E-state index is 12.9. The number of halogens is 5. The first kappa shape index (κ1) is 25.0. The summed E-state index contributed by atoms with van der Waals surface area (Å²) in [5, 5.41) is 10.3. The van der Waals surface area contributed by atoms with Crippen LogP contribution in [0.15, 0.2) is 41.6 Å². The van der Waals surface area contributed by atoms with Gasteiger partial charge in [-0.3, -0.25) is 4.98 Å². The van der Waals surface area contributed by atoms with Crippen molar-refractivity contribution in [2.24, 2.45) is 0 Å². The second-order valence-electron chi connectivity index (χ2n) is 7.92. The van der Waals surface area contributed by atoms with Gasteiger partial charge in [0.15, 0.2) is 0 Å². The van der Waals surface area contributed by atoms with E-state index in [1.807, 2.05) is 0 Å².